The third-order valence-corrected chi connectivity index (χ3v) is 2.98. The van der Waals surface area contributed by atoms with Crippen molar-refractivity contribution in [3.63, 3.8) is 0 Å². The maximum Gasteiger partial charge on any atom is 0.255 e. The van der Waals surface area contributed by atoms with Gasteiger partial charge in [-0.15, -0.1) is 0 Å². The lowest BCUT2D eigenvalue weighted by molar-refractivity contribution is 0.0895. The highest BCUT2D eigenvalue weighted by molar-refractivity contribution is 5.98. The smallest absolute Gasteiger partial charge is 0.255 e. The molecule has 0 bridgehead atoms. The fraction of sp³-hybridized carbons (Fsp3) is 0.500. The zero-order valence-corrected chi connectivity index (χ0v) is 11.6. The Balaban J connectivity index is 2.92. The molecule has 0 saturated carbocycles. The Labute approximate surface area is 113 Å². The normalized spacial score (nSPS) is 14.2. The van der Waals surface area contributed by atoms with Gasteiger partial charge in [-0.3, -0.25) is 4.79 Å². The Bertz CT molecular complexity index is 460. The molecular weight excluding hydrogens is 244 g/mol. The molecule has 5 heteroatoms. The Morgan fingerprint density at radius 3 is 2.58 bits per heavy atom. The van der Waals surface area contributed by atoms with E-state index in [0.717, 1.165) is 6.42 Å². The summed E-state index contributed by atoms with van der Waals surface area (Å²) in [7, 11) is 0. The minimum absolute atomic E-state index is 0.0448. The number of amides is 1. The maximum atomic E-state index is 12.1. The molecule has 1 unspecified atom stereocenters. The molecule has 1 amide bonds. The Hall–Kier alpha value is -1.75. The number of carbonyl (C=O) groups excluding carboxylic acids is 1. The average molecular weight is 266 g/mol. The van der Waals surface area contributed by atoms with Crippen molar-refractivity contribution < 1.29 is 15.0 Å². The number of carbonyl (C=O) groups is 1. The van der Waals surface area contributed by atoms with Crippen LogP contribution in [0.25, 0.3) is 0 Å². The first-order chi connectivity index (χ1) is 8.79. The predicted octanol–water partition coefficient (Wildman–Crippen LogP) is 1.59. The van der Waals surface area contributed by atoms with Crippen LogP contribution in [-0.4, -0.2) is 28.2 Å². The molecule has 1 aromatic carbocycles. The summed E-state index contributed by atoms with van der Waals surface area (Å²) >= 11 is 0. The summed E-state index contributed by atoms with van der Waals surface area (Å²) in [5.41, 5.74) is 5.23. The van der Waals surface area contributed by atoms with Crippen LogP contribution in [0.5, 0.6) is 11.5 Å². The summed E-state index contributed by atoms with van der Waals surface area (Å²) in [6.07, 6.45) is 0.731. The van der Waals surface area contributed by atoms with Gasteiger partial charge in [0.05, 0.1) is 5.56 Å². The summed E-state index contributed by atoms with van der Waals surface area (Å²) in [6.45, 7) is 6.26. The molecule has 1 aromatic rings. The number of aromatic hydroxyl groups is 2. The topological polar surface area (TPSA) is 95.6 Å². The summed E-state index contributed by atoms with van der Waals surface area (Å²) < 4.78 is 0. The molecule has 0 aromatic heterocycles. The standard InChI is InChI=1S/C14H22N2O3/c1-9(2)7-14(3,8-15)16-13(19)10-5-4-6-11(17)12(10)18/h4-6,9,17-18H,7-8,15H2,1-3H3,(H,16,19). The third-order valence-electron chi connectivity index (χ3n) is 2.98. The summed E-state index contributed by atoms with van der Waals surface area (Å²) in [6, 6.07) is 4.28. The second-order valence-electron chi connectivity index (χ2n) is 5.49. The van der Waals surface area contributed by atoms with E-state index >= 15 is 0 Å². The van der Waals surface area contributed by atoms with E-state index in [1.54, 1.807) is 0 Å². The number of phenols is 2. The van der Waals surface area contributed by atoms with E-state index in [1.165, 1.54) is 18.2 Å². The Morgan fingerprint density at radius 1 is 1.42 bits per heavy atom. The van der Waals surface area contributed by atoms with Crippen LogP contribution in [0.1, 0.15) is 37.6 Å². The molecule has 0 aliphatic carbocycles. The van der Waals surface area contributed by atoms with Gasteiger partial charge in [0.2, 0.25) is 0 Å². The quantitative estimate of drug-likeness (QED) is 0.609. The van der Waals surface area contributed by atoms with Gasteiger partial charge in [-0.1, -0.05) is 19.9 Å². The van der Waals surface area contributed by atoms with Crippen LogP contribution < -0.4 is 11.1 Å². The van der Waals surface area contributed by atoms with E-state index in [0.29, 0.717) is 12.5 Å². The zero-order valence-electron chi connectivity index (χ0n) is 11.6. The number of nitrogens with one attached hydrogen (secondary N) is 1. The fourth-order valence-electron chi connectivity index (χ4n) is 2.14. The van der Waals surface area contributed by atoms with Crippen molar-refractivity contribution in [2.45, 2.75) is 32.7 Å². The number of rotatable bonds is 5. The minimum Gasteiger partial charge on any atom is -0.504 e. The third kappa shape index (κ3) is 3.86. The van der Waals surface area contributed by atoms with Crippen LogP contribution in [-0.2, 0) is 0 Å². The molecule has 0 fully saturated rings. The number of phenolic OH excluding ortho intramolecular Hbond substituents is 2. The maximum absolute atomic E-state index is 12.1. The van der Waals surface area contributed by atoms with Gasteiger partial charge in [-0.05, 0) is 31.4 Å². The zero-order chi connectivity index (χ0) is 14.6. The van der Waals surface area contributed by atoms with E-state index in [2.05, 4.69) is 5.32 Å². The second-order valence-corrected chi connectivity index (χ2v) is 5.49. The van der Waals surface area contributed by atoms with E-state index in [-0.39, 0.29) is 11.3 Å². The van der Waals surface area contributed by atoms with Crippen molar-refractivity contribution in [2.75, 3.05) is 6.54 Å². The Kier molecular flexibility index (Phi) is 4.78. The van der Waals surface area contributed by atoms with Gasteiger partial charge in [0.1, 0.15) is 0 Å². The largest absolute Gasteiger partial charge is 0.504 e. The highest BCUT2D eigenvalue weighted by Crippen LogP contribution is 2.28. The molecule has 0 spiro atoms. The molecule has 5 N–H and O–H groups in total. The van der Waals surface area contributed by atoms with Crippen LogP contribution in [0.2, 0.25) is 0 Å². The predicted molar refractivity (Wildman–Crippen MR) is 74.2 cm³/mol. The van der Waals surface area contributed by atoms with Crippen LogP contribution in [0.15, 0.2) is 18.2 Å². The van der Waals surface area contributed by atoms with Crippen LogP contribution >= 0.6 is 0 Å². The van der Waals surface area contributed by atoms with Gasteiger partial charge >= 0.3 is 0 Å². The highest BCUT2D eigenvalue weighted by Gasteiger charge is 2.27. The average Bonchev–Trinajstić information content (AvgIpc) is 2.31. The first-order valence-electron chi connectivity index (χ1n) is 6.32. The molecular formula is C14H22N2O3. The van der Waals surface area contributed by atoms with Crippen molar-refractivity contribution in [2.24, 2.45) is 11.7 Å². The highest BCUT2D eigenvalue weighted by atomic mass is 16.3. The number of hydrogen-bond donors (Lipinski definition) is 4. The van der Waals surface area contributed by atoms with Crippen LogP contribution in [0.3, 0.4) is 0 Å². The molecule has 1 rings (SSSR count). The lowest BCUT2D eigenvalue weighted by Gasteiger charge is -2.31. The molecule has 106 valence electrons. The van der Waals surface area contributed by atoms with E-state index in [4.69, 9.17) is 5.73 Å². The van der Waals surface area contributed by atoms with E-state index in [1.807, 2.05) is 20.8 Å². The van der Waals surface area contributed by atoms with Crippen molar-refractivity contribution in [1.82, 2.24) is 5.32 Å². The SMILES string of the molecule is CC(C)CC(C)(CN)NC(=O)c1cccc(O)c1O. The summed E-state index contributed by atoms with van der Waals surface area (Å²) in [4.78, 5) is 12.1. The molecule has 0 heterocycles. The van der Waals surface area contributed by atoms with Gasteiger partial charge in [0, 0.05) is 12.1 Å². The summed E-state index contributed by atoms with van der Waals surface area (Å²) in [5.74, 6) is -0.788. The van der Waals surface area contributed by atoms with E-state index < -0.39 is 17.2 Å². The molecule has 0 aliphatic rings. The van der Waals surface area contributed by atoms with Gasteiger partial charge in [-0.25, -0.2) is 0 Å². The first-order valence-corrected chi connectivity index (χ1v) is 6.32. The Morgan fingerprint density at radius 2 is 2.05 bits per heavy atom. The molecule has 5 nitrogen and oxygen atoms in total. The van der Waals surface area contributed by atoms with Crippen LogP contribution in [0.4, 0.5) is 0 Å². The fourth-order valence-corrected chi connectivity index (χ4v) is 2.14. The second kappa shape index (κ2) is 5.93. The number of para-hydroxylation sites is 1. The first kappa shape index (κ1) is 15.3. The van der Waals surface area contributed by atoms with Gasteiger partial charge in [-0.2, -0.15) is 0 Å². The lowest BCUT2D eigenvalue weighted by Crippen LogP contribution is -2.52. The monoisotopic (exact) mass is 266 g/mol. The van der Waals surface area contributed by atoms with Crippen molar-refractivity contribution in [1.29, 1.82) is 0 Å². The van der Waals surface area contributed by atoms with Gasteiger partial charge in [0.15, 0.2) is 11.5 Å². The molecule has 19 heavy (non-hydrogen) atoms. The molecule has 1 atom stereocenters. The molecule has 0 saturated heterocycles. The van der Waals surface area contributed by atoms with Gasteiger partial charge < -0.3 is 21.3 Å². The minimum atomic E-state index is -0.539. The summed E-state index contributed by atoms with van der Waals surface area (Å²) in [5, 5.41) is 21.9. The number of hydrogen-bond acceptors (Lipinski definition) is 4. The van der Waals surface area contributed by atoms with Crippen molar-refractivity contribution >= 4 is 5.91 Å². The molecule has 0 aliphatic heterocycles. The van der Waals surface area contributed by atoms with Gasteiger partial charge in [0.25, 0.3) is 5.91 Å². The van der Waals surface area contributed by atoms with E-state index in [9.17, 15) is 15.0 Å². The van der Waals surface area contributed by atoms with Crippen molar-refractivity contribution in [3.05, 3.63) is 23.8 Å². The number of nitrogens with two attached hydrogens (primary N) is 1. The number of benzene rings is 1. The van der Waals surface area contributed by atoms with Crippen LogP contribution in [0, 0.1) is 5.92 Å². The molecule has 0 radical (unpaired) electrons. The lowest BCUT2D eigenvalue weighted by atomic mass is 9.90. The van der Waals surface area contributed by atoms with Crippen molar-refractivity contribution in [3.8, 4) is 11.5 Å².